The smallest absolute Gasteiger partial charge is 0.450 e. The molecule has 0 heterocycles. The number of hydrogen-bond acceptors (Lipinski definition) is 2. The van der Waals surface area contributed by atoms with Crippen LogP contribution < -0.4 is 0 Å². The summed E-state index contributed by atoms with van der Waals surface area (Å²) in [4.78, 5) is 10.9. The van der Waals surface area contributed by atoms with Crippen molar-refractivity contribution in [1.29, 1.82) is 0 Å². The van der Waals surface area contributed by atoms with E-state index in [0.717, 1.165) is 25.7 Å². The van der Waals surface area contributed by atoms with E-state index in [1.165, 1.54) is 6.42 Å². The van der Waals surface area contributed by atoms with Gasteiger partial charge in [-0.2, -0.15) is 0 Å². The van der Waals surface area contributed by atoms with Crippen molar-refractivity contribution in [2.24, 2.45) is 11.3 Å². The summed E-state index contributed by atoms with van der Waals surface area (Å²) in [5.74, 6) is 0.329. The van der Waals surface area contributed by atoms with Crippen molar-refractivity contribution >= 4 is 6.16 Å². The van der Waals surface area contributed by atoms with Gasteiger partial charge in [0.1, 0.15) is 5.60 Å². The van der Waals surface area contributed by atoms with Gasteiger partial charge in [0.15, 0.2) is 0 Å². The molecule has 3 nitrogen and oxygen atoms in total. The van der Waals surface area contributed by atoms with Gasteiger partial charge in [0, 0.05) is 5.92 Å². The Bertz CT molecular complexity index is 254. The first-order valence-corrected chi connectivity index (χ1v) is 6.24. The summed E-state index contributed by atoms with van der Waals surface area (Å²) >= 11 is 0. The lowest BCUT2D eigenvalue weighted by Gasteiger charge is -2.48. The summed E-state index contributed by atoms with van der Waals surface area (Å²) in [6.45, 7) is 8.57. The molecule has 0 saturated heterocycles. The molecule has 0 aromatic carbocycles. The van der Waals surface area contributed by atoms with Gasteiger partial charge in [0.2, 0.25) is 0 Å². The molecule has 1 N–H and O–H groups in total. The summed E-state index contributed by atoms with van der Waals surface area (Å²) in [5, 5.41) is 8.92. The molecule has 1 rings (SSSR count). The van der Waals surface area contributed by atoms with E-state index in [2.05, 4.69) is 20.8 Å². The van der Waals surface area contributed by atoms with Crippen molar-refractivity contribution in [3.63, 3.8) is 0 Å². The van der Waals surface area contributed by atoms with Gasteiger partial charge in [-0.1, -0.05) is 34.1 Å². The Morgan fingerprint density at radius 1 is 1.44 bits per heavy atom. The molecule has 0 aromatic rings. The number of carbonyl (C=O) groups is 1. The van der Waals surface area contributed by atoms with Gasteiger partial charge in [-0.25, -0.2) is 4.79 Å². The van der Waals surface area contributed by atoms with Crippen LogP contribution in [0.15, 0.2) is 0 Å². The number of ether oxygens (including phenoxy) is 1. The van der Waals surface area contributed by atoms with E-state index in [1.54, 1.807) is 0 Å². The topological polar surface area (TPSA) is 46.5 Å². The molecule has 0 radical (unpaired) electrons. The van der Waals surface area contributed by atoms with Crippen molar-refractivity contribution in [1.82, 2.24) is 0 Å². The fraction of sp³-hybridized carbons (Fsp3) is 0.923. The highest BCUT2D eigenvalue weighted by Crippen LogP contribution is 2.48. The van der Waals surface area contributed by atoms with Crippen molar-refractivity contribution in [2.75, 3.05) is 0 Å². The lowest BCUT2D eigenvalue weighted by Crippen LogP contribution is -2.49. The Balaban J connectivity index is 2.96. The van der Waals surface area contributed by atoms with Crippen LogP contribution in [0, 0.1) is 11.3 Å². The molecule has 1 aliphatic rings. The summed E-state index contributed by atoms with van der Waals surface area (Å²) in [6, 6.07) is 0. The lowest BCUT2D eigenvalue weighted by molar-refractivity contribution is -0.112. The zero-order valence-electron chi connectivity index (χ0n) is 10.9. The molecule has 2 unspecified atom stereocenters. The second kappa shape index (κ2) is 4.64. The fourth-order valence-corrected chi connectivity index (χ4v) is 3.22. The molecule has 0 spiro atoms. The zero-order chi connectivity index (χ0) is 12.4. The normalized spacial score (nSPS) is 31.1. The molecule has 94 valence electrons. The molecule has 0 bridgehead atoms. The Hall–Kier alpha value is -0.730. The highest BCUT2D eigenvalue weighted by molar-refractivity contribution is 5.57. The van der Waals surface area contributed by atoms with E-state index < -0.39 is 11.8 Å². The molecule has 1 saturated carbocycles. The molecule has 0 aliphatic heterocycles. The summed E-state index contributed by atoms with van der Waals surface area (Å²) in [6.07, 6.45) is 3.86. The van der Waals surface area contributed by atoms with Crippen molar-refractivity contribution in [3.8, 4) is 0 Å². The Labute approximate surface area is 98.2 Å². The average Bonchev–Trinajstić information content (AvgIpc) is 2.15. The Morgan fingerprint density at radius 3 is 2.50 bits per heavy atom. The molecule has 3 heteroatoms. The largest absolute Gasteiger partial charge is 0.506 e. The fourth-order valence-electron chi connectivity index (χ4n) is 3.22. The SMILES string of the molecule is CCC1(OC(=O)O)CCCCC1C(C)(C)C. The minimum atomic E-state index is -1.13. The molecule has 1 fully saturated rings. The van der Waals surface area contributed by atoms with Crippen molar-refractivity contribution in [2.45, 2.75) is 65.4 Å². The Kier molecular flexibility index (Phi) is 3.87. The van der Waals surface area contributed by atoms with E-state index in [-0.39, 0.29) is 5.41 Å². The molecular weight excluding hydrogens is 204 g/mol. The summed E-state index contributed by atoms with van der Waals surface area (Å²) in [5.41, 5.74) is -0.353. The van der Waals surface area contributed by atoms with Crippen LogP contribution >= 0.6 is 0 Å². The molecule has 16 heavy (non-hydrogen) atoms. The van der Waals surface area contributed by atoms with Gasteiger partial charge in [0.05, 0.1) is 0 Å². The van der Waals surface area contributed by atoms with Crippen LogP contribution in [0.3, 0.4) is 0 Å². The van der Waals surface area contributed by atoms with E-state index in [4.69, 9.17) is 9.84 Å². The van der Waals surface area contributed by atoms with Crippen LogP contribution in [0.1, 0.15) is 59.8 Å². The number of rotatable bonds is 2. The standard InChI is InChI=1S/C13H24O3/c1-5-13(16-11(14)15)9-7-6-8-10(13)12(2,3)4/h10H,5-9H2,1-4H3,(H,14,15). The van der Waals surface area contributed by atoms with Crippen LogP contribution in [-0.4, -0.2) is 16.9 Å². The van der Waals surface area contributed by atoms with E-state index in [1.807, 2.05) is 6.92 Å². The zero-order valence-corrected chi connectivity index (χ0v) is 10.9. The predicted octanol–water partition coefficient (Wildman–Crippen LogP) is 4.07. The monoisotopic (exact) mass is 228 g/mol. The van der Waals surface area contributed by atoms with E-state index in [9.17, 15) is 4.79 Å². The highest BCUT2D eigenvalue weighted by Gasteiger charge is 2.47. The van der Waals surface area contributed by atoms with Crippen LogP contribution in [0.5, 0.6) is 0 Å². The third kappa shape index (κ3) is 2.69. The van der Waals surface area contributed by atoms with Crippen LogP contribution in [0.25, 0.3) is 0 Å². The summed E-state index contributed by atoms with van der Waals surface area (Å²) < 4.78 is 5.28. The quantitative estimate of drug-likeness (QED) is 0.725. The van der Waals surface area contributed by atoms with Gasteiger partial charge >= 0.3 is 6.16 Å². The Morgan fingerprint density at radius 2 is 2.06 bits per heavy atom. The maximum Gasteiger partial charge on any atom is 0.506 e. The van der Waals surface area contributed by atoms with E-state index in [0.29, 0.717) is 5.92 Å². The van der Waals surface area contributed by atoms with Gasteiger partial charge in [-0.15, -0.1) is 0 Å². The minimum Gasteiger partial charge on any atom is -0.450 e. The third-order valence-electron chi connectivity index (χ3n) is 3.91. The first-order chi connectivity index (χ1) is 7.32. The second-order valence-corrected chi connectivity index (χ2v) is 5.95. The van der Waals surface area contributed by atoms with Crippen molar-refractivity contribution in [3.05, 3.63) is 0 Å². The predicted molar refractivity (Wildman–Crippen MR) is 63.5 cm³/mol. The molecule has 0 amide bonds. The van der Waals surface area contributed by atoms with Gasteiger partial charge < -0.3 is 9.84 Å². The van der Waals surface area contributed by atoms with Gasteiger partial charge in [-0.05, 0) is 31.1 Å². The van der Waals surface area contributed by atoms with E-state index >= 15 is 0 Å². The minimum absolute atomic E-state index is 0.103. The highest BCUT2D eigenvalue weighted by atomic mass is 16.7. The number of carboxylic acid groups (broad SMARTS) is 1. The second-order valence-electron chi connectivity index (χ2n) is 5.95. The van der Waals surface area contributed by atoms with Crippen LogP contribution in [0.4, 0.5) is 4.79 Å². The van der Waals surface area contributed by atoms with Gasteiger partial charge in [-0.3, -0.25) is 0 Å². The van der Waals surface area contributed by atoms with Gasteiger partial charge in [0.25, 0.3) is 0 Å². The molecular formula is C13H24O3. The molecule has 0 aromatic heterocycles. The lowest BCUT2D eigenvalue weighted by atomic mass is 9.63. The number of hydrogen-bond donors (Lipinski definition) is 1. The molecule has 2 atom stereocenters. The maximum absolute atomic E-state index is 10.9. The summed E-state index contributed by atoms with van der Waals surface area (Å²) in [7, 11) is 0. The average molecular weight is 228 g/mol. The first-order valence-electron chi connectivity index (χ1n) is 6.24. The first kappa shape index (κ1) is 13.3. The maximum atomic E-state index is 10.9. The molecule has 1 aliphatic carbocycles. The third-order valence-corrected chi connectivity index (χ3v) is 3.91. The van der Waals surface area contributed by atoms with Crippen molar-refractivity contribution < 1.29 is 14.6 Å². The van der Waals surface area contributed by atoms with Crippen LogP contribution in [-0.2, 0) is 4.74 Å². The van der Waals surface area contributed by atoms with Crippen LogP contribution in [0.2, 0.25) is 0 Å².